The average molecular weight is 279 g/mol. The Morgan fingerprint density at radius 3 is 2.85 bits per heavy atom. The van der Waals surface area contributed by atoms with Gasteiger partial charge in [0.05, 0.1) is 6.61 Å². The van der Waals surface area contributed by atoms with Crippen LogP contribution in [0.4, 0.5) is 4.39 Å². The summed E-state index contributed by atoms with van der Waals surface area (Å²) in [6, 6.07) is 6.01. The predicted octanol–water partition coefficient (Wildman–Crippen LogP) is 4.03. The molecule has 1 aromatic rings. The van der Waals surface area contributed by atoms with Crippen LogP contribution in [0.1, 0.15) is 50.7 Å². The number of hydrogen-bond acceptors (Lipinski definition) is 2. The highest BCUT2D eigenvalue weighted by Gasteiger charge is 2.20. The van der Waals surface area contributed by atoms with Gasteiger partial charge in [0.2, 0.25) is 0 Å². The maximum atomic E-state index is 13.7. The smallest absolute Gasteiger partial charge is 0.128 e. The highest BCUT2D eigenvalue weighted by molar-refractivity contribution is 5.24. The van der Waals surface area contributed by atoms with E-state index in [4.69, 9.17) is 4.74 Å². The molecule has 1 aliphatic carbocycles. The van der Waals surface area contributed by atoms with Crippen molar-refractivity contribution in [1.29, 1.82) is 0 Å². The first kappa shape index (κ1) is 15.5. The Labute approximate surface area is 121 Å². The molecule has 1 saturated carbocycles. The molecule has 1 N–H and O–H groups in total. The number of benzene rings is 1. The third-order valence-corrected chi connectivity index (χ3v) is 3.61. The van der Waals surface area contributed by atoms with Crippen LogP contribution in [0.3, 0.4) is 0 Å². The molecule has 0 atom stereocenters. The quantitative estimate of drug-likeness (QED) is 0.689. The van der Waals surface area contributed by atoms with Gasteiger partial charge in [-0.2, -0.15) is 0 Å². The molecule has 20 heavy (non-hydrogen) atoms. The summed E-state index contributed by atoms with van der Waals surface area (Å²) in [6.45, 7) is 6.32. The Morgan fingerprint density at radius 1 is 1.35 bits per heavy atom. The lowest BCUT2D eigenvalue weighted by molar-refractivity contribution is 0.112. The number of ether oxygens (including phenoxy) is 1. The summed E-state index contributed by atoms with van der Waals surface area (Å²) >= 11 is 0. The number of halogens is 1. The highest BCUT2D eigenvalue weighted by Crippen LogP contribution is 2.20. The van der Waals surface area contributed by atoms with Crippen LogP contribution in [-0.2, 0) is 17.9 Å². The number of hydrogen-bond donors (Lipinski definition) is 1. The molecule has 0 radical (unpaired) electrons. The third-order valence-electron chi connectivity index (χ3n) is 3.61. The van der Waals surface area contributed by atoms with Crippen molar-refractivity contribution in [2.24, 2.45) is 5.92 Å². The molecule has 0 amide bonds. The van der Waals surface area contributed by atoms with E-state index < -0.39 is 0 Å². The molecule has 0 spiro atoms. The van der Waals surface area contributed by atoms with Gasteiger partial charge in [0.25, 0.3) is 0 Å². The van der Waals surface area contributed by atoms with Crippen LogP contribution < -0.4 is 5.32 Å². The summed E-state index contributed by atoms with van der Waals surface area (Å²) in [7, 11) is 0. The van der Waals surface area contributed by atoms with Crippen molar-refractivity contribution >= 4 is 0 Å². The Kier molecular flexibility index (Phi) is 5.99. The van der Waals surface area contributed by atoms with Crippen LogP contribution >= 0.6 is 0 Å². The van der Waals surface area contributed by atoms with Crippen molar-refractivity contribution in [3.63, 3.8) is 0 Å². The van der Waals surface area contributed by atoms with Gasteiger partial charge in [-0.25, -0.2) is 4.39 Å². The lowest BCUT2D eigenvalue weighted by Gasteiger charge is -2.09. The molecular weight excluding hydrogens is 253 g/mol. The Hall–Kier alpha value is -0.930. The van der Waals surface area contributed by atoms with Crippen molar-refractivity contribution in [2.45, 2.75) is 58.7 Å². The van der Waals surface area contributed by atoms with Gasteiger partial charge in [-0.1, -0.05) is 19.9 Å². The van der Waals surface area contributed by atoms with E-state index in [2.05, 4.69) is 19.2 Å². The zero-order valence-electron chi connectivity index (χ0n) is 12.6. The molecular formula is C17H26FNO. The molecule has 1 fully saturated rings. The standard InChI is InChI=1S/C17H26FNO/c1-13(2)4-3-9-20-12-15-10-14(5-8-17(15)18)11-19-16-6-7-16/h5,8,10,13,16,19H,3-4,6-7,9,11-12H2,1-2H3. The lowest BCUT2D eigenvalue weighted by Crippen LogP contribution is -2.15. The van der Waals surface area contributed by atoms with Crippen LogP contribution in [0.2, 0.25) is 0 Å². The van der Waals surface area contributed by atoms with E-state index in [1.807, 2.05) is 12.1 Å². The summed E-state index contributed by atoms with van der Waals surface area (Å²) < 4.78 is 19.3. The molecule has 112 valence electrons. The zero-order chi connectivity index (χ0) is 14.4. The second kappa shape index (κ2) is 7.75. The fraction of sp³-hybridized carbons (Fsp3) is 0.647. The fourth-order valence-corrected chi connectivity index (χ4v) is 2.17. The van der Waals surface area contributed by atoms with Crippen molar-refractivity contribution in [2.75, 3.05) is 6.61 Å². The lowest BCUT2D eigenvalue weighted by atomic mass is 10.1. The topological polar surface area (TPSA) is 21.3 Å². The summed E-state index contributed by atoms with van der Waals surface area (Å²) in [4.78, 5) is 0. The maximum absolute atomic E-state index is 13.7. The Balaban J connectivity index is 1.75. The van der Waals surface area contributed by atoms with Crippen LogP contribution in [0, 0.1) is 11.7 Å². The van der Waals surface area contributed by atoms with E-state index in [1.54, 1.807) is 6.07 Å². The van der Waals surface area contributed by atoms with Crippen LogP contribution in [-0.4, -0.2) is 12.6 Å². The minimum Gasteiger partial charge on any atom is -0.377 e. The number of nitrogens with one attached hydrogen (secondary N) is 1. The summed E-state index contributed by atoms with van der Waals surface area (Å²) in [5.41, 5.74) is 1.81. The van der Waals surface area contributed by atoms with E-state index in [0.717, 1.165) is 24.9 Å². The van der Waals surface area contributed by atoms with Gasteiger partial charge in [-0.3, -0.25) is 0 Å². The van der Waals surface area contributed by atoms with Gasteiger partial charge in [-0.15, -0.1) is 0 Å². The van der Waals surface area contributed by atoms with E-state index in [-0.39, 0.29) is 5.82 Å². The molecule has 3 heteroatoms. The predicted molar refractivity (Wildman–Crippen MR) is 80.0 cm³/mol. The summed E-state index contributed by atoms with van der Waals surface area (Å²) in [6.07, 6.45) is 4.75. The highest BCUT2D eigenvalue weighted by atomic mass is 19.1. The van der Waals surface area contributed by atoms with E-state index in [9.17, 15) is 4.39 Å². The second-order valence-corrected chi connectivity index (χ2v) is 6.17. The zero-order valence-corrected chi connectivity index (χ0v) is 12.6. The van der Waals surface area contributed by atoms with Gasteiger partial charge in [0.15, 0.2) is 0 Å². The van der Waals surface area contributed by atoms with Crippen molar-refractivity contribution in [3.05, 3.63) is 35.1 Å². The largest absolute Gasteiger partial charge is 0.377 e. The minimum absolute atomic E-state index is 0.163. The molecule has 1 aromatic carbocycles. The first-order valence-corrected chi connectivity index (χ1v) is 7.73. The SMILES string of the molecule is CC(C)CCCOCc1cc(CNC2CC2)ccc1F. The van der Waals surface area contributed by atoms with Crippen molar-refractivity contribution in [1.82, 2.24) is 5.32 Å². The molecule has 2 rings (SSSR count). The minimum atomic E-state index is -0.163. The van der Waals surface area contributed by atoms with Gasteiger partial charge in [0, 0.05) is 24.8 Å². The Bertz CT molecular complexity index is 415. The van der Waals surface area contributed by atoms with E-state index in [1.165, 1.54) is 12.8 Å². The average Bonchev–Trinajstić information content (AvgIpc) is 3.22. The molecule has 0 aliphatic heterocycles. The van der Waals surface area contributed by atoms with Crippen LogP contribution in [0.25, 0.3) is 0 Å². The van der Waals surface area contributed by atoms with Crippen molar-refractivity contribution < 1.29 is 9.13 Å². The van der Waals surface area contributed by atoms with Crippen LogP contribution in [0.15, 0.2) is 18.2 Å². The van der Waals surface area contributed by atoms with Crippen molar-refractivity contribution in [3.8, 4) is 0 Å². The molecule has 0 bridgehead atoms. The van der Waals surface area contributed by atoms with E-state index >= 15 is 0 Å². The maximum Gasteiger partial charge on any atom is 0.128 e. The van der Waals surface area contributed by atoms with Gasteiger partial charge in [0.1, 0.15) is 5.82 Å². The summed E-state index contributed by atoms with van der Waals surface area (Å²) in [5.74, 6) is 0.538. The molecule has 1 aliphatic rings. The van der Waals surface area contributed by atoms with Gasteiger partial charge >= 0.3 is 0 Å². The second-order valence-electron chi connectivity index (χ2n) is 6.17. The normalized spacial score (nSPS) is 15.0. The third kappa shape index (κ3) is 5.59. The van der Waals surface area contributed by atoms with E-state index in [0.29, 0.717) is 30.7 Å². The molecule has 0 unspecified atom stereocenters. The Morgan fingerprint density at radius 2 is 2.15 bits per heavy atom. The number of rotatable bonds is 9. The molecule has 2 nitrogen and oxygen atoms in total. The first-order chi connectivity index (χ1) is 9.65. The van der Waals surface area contributed by atoms with Gasteiger partial charge < -0.3 is 10.1 Å². The molecule has 0 heterocycles. The molecule has 0 aromatic heterocycles. The molecule has 0 saturated heterocycles. The first-order valence-electron chi connectivity index (χ1n) is 7.73. The fourth-order valence-electron chi connectivity index (χ4n) is 2.17. The van der Waals surface area contributed by atoms with Crippen LogP contribution in [0.5, 0.6) is 0 Å². The summed E-state index contributed by atoms with van der Waals surface area (Å²) in [5, 5.41) is 3.45. The monoisotopic (exact) mass is 279 g/mol. The van der Waals surface area contributed by atoms with Gasteiger partial charge in [-0.05, 0) is 49.3 Å².